The Morgan fingerprint density at radius 3 is 1.78 bits per heavy atom. The van der Waals surface area contributed by atoms with Crippen LogP contribution in [0.5, 0.6) is 0 Å². The Bertz CT molecular complexity index is 2440. The zero-order valence-electron chi connectivity index (χ0n) is 47.7. The molecule has 0 unspecified atom stereocenters. The van der Waals surface area contributed by atoms with Crippen LogP contribution in [-0.4, -0.2) is 202 Å². The highest BCUT2D eigenvalue weighted by Gasteiger charge is 2.40. The molecule has 85 heavy (non-hydrogen) atoms. The van der Waals surface area contributed by atoms with Crippen LogP contribution in [0.2, 0.25) is 0 Å². The van der Waals surface area contributed by atoms with Crippen molar-refractivity contribution in [3.05, 3.63) is 47.7 Å². The molecule has 32 heteroatoms. The van der Waals surface area contributed by atoms with E-state index in [1.165, 1.54) is 6.92 Å². The number of nitrogens with two attached hydrogens (primary N) is 4. The maximum absolute atomic E-state index is 14.3. The highest BCUT2D eigenvalue weighted by Crippen LogP contribution is 2.13. The number of aliphatic hydroxyl groups excluding tert-OH is 4. The first-order chi connectivity index (χ1) is 40.4. The molecule has 31 nitrogen and oxygen atoms in total. The van der Waals surface area contributed by atoms with E-state index < -0.39 is 163 Å². The minimum Gasteiger partial charge on any atom is -0.479 e. The highest BCUT2D eigenvalue weighted by atomic mass is 35.5. The number of nitrogens with one attached hydrogen (secondary N) is 9. The molecule has 1 aliphatic rings. The number of benzene rings is 1. The van der Waals surface area contributed by atoms with E-state index >= 15 is 0 Å². The van der Waals surface area contributed by atoms with Crippen LogP contribution in [-0.2, 0) is 63.9 Å². The van der Waals surface area contributed by atoms with Crippen LogP contribution in [0.1, 0.15) is 103 Å². The van der Waals surface area contributed by atoms with Crippen molar-refractivity contribution >= 4 is 82.7 Å². The number of carbonyl (C=O) groups is 11. The number of unbranched alkanes of at least 4 members (excludes halogenated alkanes) is 6. The lowest BCUT2D eigenvalue weighted by atomic mass is 10.0. The topological polar surface area (TPSA) is 523 Å². The molecule has 1 heterocycles. The summed E-state index contributed by atoms with van der Waals surface area (Å²) in [5, 5.41) is 73.2. The normalized spacial score (nSPS) is 23.7. The van der Waals surface area contributed by atoms with Gasteiger partial charge in [0, 0.05) is 13.0 Å². The van der Waals surface area contributed by atoms with E-state index in [4.69, 9.17) is 39.3 Å². The lowest BCUT2D eigenvalue weighted by Crippen LogP contribution is -2.62. The number of aliphatic imine (C=N–C) groups is 1. The molecule has 11 atom stereocenters. The van der Waals surface area contributed by atoms with Gasteiger partial charge in [-0.25, -0.2) is 9.59 Å². The number of aliphatic hydroxyl groups is 4. The number of amides is 9. The number of ether oxygens (including phenoxy) is 1. The second-order valence-corrected chi connectivity index (χ2v) is 20.2. The van der Waals surface area contributed by atoms with Gasteiger partial charge < -0.3 is 101 Å². The van der Waals surface area contributed by atoms with Gasteiger partial charge in [0.15, 0.2) is 18.1 Å². The molecule has 1 aliphatic heterocycles. The largest absolute Gasteiger partial charge is 0.479 e. The maximum Gasteiger partial charge on any atom is 0.335 e. The number of allylic oxidation sites excluding steroid dienone is 1. The molecule has 9 amide bonds. The number of carboxylic acid groups (broad SMARTS) is 1. The van der Waals surface area contributed by atoms with E-state index in [1.807, 2.05) is 10.6 Å². The molecule has 22 N–H and O–H groups in total. The number of esters is 1. The van der Waals surface area contributed by atoms with Crippen molar-refractivity contribution in [2.24, 2.45) is 27.9 Å². The standard InChI is InChI=1S/C53H85ClN14O17/c1-3-5-6-7-8-9-13-17-30(70)25-39(72)60-37-28-85-52(84)40(38(71)26-54)67-50(81)41(42(73)51(82)83)68-43(74)31(4-2)61-47(78)35(24-29-15-11-10-12-16-29)65-44(75)32(18-14-23-59-53(57)58)62-45(76)33(19-21-55)63-46(77)34(20-22-56)64-48(79)36(27-69)66-49(37)80/h4,10-12,15-16,30,32-38,40-42,69-71,73H,3,5-9,13-14,17-28,55-56H2,1-2H3,(H,60,72)(H,61,78)(H,62,76)(H,63,77)(H,64,79)(H,65,75)(H,66,80)(H,67,81)(H,68,74)(H,82,83)(H4,57,58,59)/b31-4-/t30-,32+,33-,34+,35+,36-,37+,38-,40+,41+,42+/m1/s1. The van der Waals surface area contributed by atoms with Gasteiger partial charge in [0.25, 0.3) is 5.91 Å². The van der Waals surface area contributed by atoms with Crippen molar-refractivity contribution in [3.63, 3.8) is 0 Å². The molecule has 0 saturated carbocycles. The fourth-order valence-corrected chi connectivity index (χ4v) is 8.55. The minimum absolute atomic E-state index is 0.0368. The molecule has 1 aromatic rings. The molecule has 1 aromatic carbocycles. The summed E-state index contributed by atoms with van der Waals surface area (Å²) in [6, 6.07) is -6.93. The van der Waals surface area contributed by atoms with Crippen molar-refractivity contribution in [2.45, 2.75) is 170 Å². The number of hydrogen-bond acceptors (Lipinski definition) is 19. The number of hydrogen-bond donors (Lipinski definition) is 18. The lowest BCUT2D eigenvalue weighted by Gasteiger charge is -2.28. The average molecular weight is 1230 g/mol. The van der Waals surface area contributed by atoms with Gasteiger partial charge in [0.05, 0.1) is 31.1 Å². The average Bonchev–Trinajstić information content (AvgIpc) is 3.67. The van der Waals surface area contributed by atoms with E-state index in [-0.39, 0.29) is 64.1 Å². The molecular weight excluding hydrogens is 1140 g/mol. The van der Waals surface area contributed by atoms with Crippen molar-refractivity contribution in [2.75, 3.05) is 38.7 Å². The van der Waals surface area contributed by atoms with Crippen LogP contribution >= 0.6 is 11.6 Å². The molecule has 0 bridgehead atoms. The van der Waals surface area contributed by atoms with Crippen molar-refractivity contribution in [1.82, 2.24) is 47.9 Å². The summed E-state index contributed by atoms with van der Waals surface area (Å²) in [5.41, 5.74) is 22.4. The molecule has 0 aliphatic carbocycles. The first kappa shape index (κ1) is 73.6. The number of nitrogens with zero attached hydrogens (tertiary/aromatic N) is 1. The second-order valence-electron chi connectivity index (χ2n) is 19.9. The van der Waals surface area contributed by atoms with Crippen LogP contribution in [0.15, 0.2) is 47.1 Å². The first-order valence-electron chi connectivity index (χ1n) is 27.9. The molecular formula is C53H85ClN14O17. The predicted octanol–water partition coefficient (Wildman–Crippen LogP) is -5.64. The van der Waals surface area contributed by atoms with Gasteiger partial charge >= 0.3 is 11.9 Å². The second kappa shape index (κ2) is 39.9. The minimum atomic E-state index is -2.81. The van der Waals surface area contributed by atoms with Crippen molar-refractivity contribution < 1.29 is 83.0 Å². The summed E-state index contributed by atoms with van der Waals surface area (Å²) >= 11 is 5.88. The molecule has 2 rings (SSSR count). The van der Waals surface area contributed by atoms with Crippen LogP contribution in [0, 0.1) is 0 Å². The quantitative estimate of drug-likeness (QED) is 0.0103. The van der Waals surface area contributed by atoms with Gasteiger partial charge in [-0.05, 0) is 57.7 Å². The van der Waals surface area contributed by atoms with Crippen LogP contribution in [0.3, 0.4) is 0 Å². The van der Waals surface area contributed by atoms with Gasteiger partial charge in [-0.1, -0.05) is 88.3 Å². The van der Waals surface area contributed by atoms with E-state index in [0.29, 0.717) is 12.0 Å². The number of carbonyl (C=O) groups excluding carboxylic acids is 10. The third-order valence-corrected chi connectivity index (χ3v) is 13.4. The number of guanidine groups is 1. The molecule has 0 aromatic heterocycles. The fourth-order valence-electron chi connectivity index (χ4n) is 8.38. The molecule has 1 fully saturated rings. The smallest absolute Gasteiger partial charge is 0.335 e. The number of alkyl halides is 1. The summed E-state index contributed by atoms with van der Waals surface area (Å²) < 4.78 is 5.27. The van der Waals surface area contributed by atoms with Gasteiger partial charge in [-0.2, -0.15) is 0 Å². The number of cyclic esters (lactones) is 1. The summed E-state index contributed by atoms with van der Waals surface area (Å²) in [6.07, 6.45) is -0.182. The van der Waals surface area contributed by atoms with Crippen molar-refractivity contribution in [3.8, 4) is 0 Å². The maximum atomic E-state index is 14.3. The van der Waals surface area contributed by atoms with E-state index in [2.05, 4.69) is 49.1 Å². The lowest BCUT2D eigenvalue weighted by molar-refractivity contribution is -0.155. The first-order valence-corrected chi connectivity index (χ1v) is 28.5. The Hall–Kier alpha value is -7.55. The van der Waals surface area contributed by atoms with E-state index in [9.17, 15) is 78.3 Å². The zero-order valence-corrected chi connectivity index (χ0v) is 48.5. The van der Waals surface area contributed by atoms with Gasteiger partial charge in [0.1, 0.15) is 54.6 Å². The van der Waals surface area contributed by atoms with Gasteiger partial charge in [0.2, 0.25) is 47.3 Å². The Kier molecular flexibility index (Phi) is 34.5. The zero-order chi connectivity index (χ0) is 63.6. The van der Waals surface area contributed by atoms with Gasteiger partial charge in [-0.15, -0.1) is 11.6 Å². The van der Waals surface area contributed by atoms with Crippen LogP contribution in [0.25, 0.3) is 0 Å². The summed E-state index contributed by atoms with van der Waals surface area (Å²) in [5.74, 6) is -15.6. The van der Waals surface area contributed by atoms with E-state index in [1.54, 1.807) is 30.3 Å². The molecule has 0 spiro atoms. The highest BCUT2D eigenvalue weighted by molar-refractivity contribution is 6.18. The monoisotopic (exact) mass is 1220 g/mol. The fraction of sp³-hybridized carbons (Fsp3) is 0.623. The Balaban J connectivity index is 2.81. The number of aliphatic carboxylic acids is 1. The number of halogens is 1. The third kappa shape index (κ3) is 26.9. The molecule has 0 radical (unpaired) electrons. The third-order valence-electron chi connectivity index (χ3n) is 13.1. The SMILES string of the molecule is C/C=C1\NC(=O)[C@H](Cc2ccccc2)NC(=O)[C@H](CCCN=C(N)N)NC(=O)[C@@H](CCN)NC(=O)[C@H](CCN)NC(=O)[C@@H](CO)NC(=O)[C@@H](NC(=O)C[C@H](O)CCCCCCCCC)COC(=O)[C@H]([C@H](O)CCl)NC(=O)[C@H]([C@H](O)C(=O)O)NC1=O. The summed E-state index contributed by atoms with van der Waals surface area (Å²) in [6.45, 7) is 0.417. The Morgan fingerprint density at radius 1 is 0.706 bits per heavy atom. The van der Waals surface area contributed by atoms with Crippen molar-refractivity contribution in [1.29, 1.82) is 0 Å². The molecule has 476 valence electrons. The number of rotatable bonds is 26. The predicted molar refractivity (Wildman–Crippen MR) is 306 cm³/mol. The Labute approximate surface area is 496 Å². The number of carboxylic acids is 1. The van der Waals surface area contributed by atoms with E-state index in [0.717, 1.165) is 44.6 Å². The Morgan fingerprint density at radius 2 is 1.25 bits per heavy atom. The van der Waals surface area contributed by atoms with Gasteiger partial charge in [-0.3, -0.25) is 48.1 Å². The summed E-state index contributed by atoms with van der Waals surface area (Å²) in [7, 11) is 0. The van der Waals surface area contributed by atoms with Crippen LogP contribution in [0.4, 0.5) is 0 Å². The molecule has 1 saturated heterocycles. The summed E-state index contributed by atoms with van der Waals surface area (Å²) in [4.78, 5) is 156. The van der Waals surface area contributed by atoms with Crippen LogP contribution < -0.4 is 70.8 Å².